The van der Waals surface area contributed by atoms with Crippen molar-refractivity contribution >= 4 is 21.7 Å². The molecule has 18 heavy (non-hydrogen) atoms. The number of rotatable bonds is 2. The molecule has 4 heteroatoms. The molecule has 2 rings (SSSR count). The van der Waals surface area contributed by atoms with Crippen molar-refractivity contribution in [1.29, 1.82) is 0 Å². The van der Waals surface area contributed by atoms with Crippen LogP contribution in [0.25, 0.3) is 0 Å². The Labute approximate surface area is 118 Å². The van der Waals surface area contributed by atoms with Gasteiger partial charge in [-0.2, -0.15) is 0 Å². The topological polar surface area (TPSA) is 29.0 Å². The van der Waals surface area contributed by atoms with Gasteiger partial charge in [-0.05, 0) is 28.8 Å². The lowest BCUT2D eigenvalue weighted by Gasteiger charge is -2.27. The van der Waals surface area contributed by atoms with E-state index in [1.54, 1.807) is 0 Å². The Morgan fingerprint density at radius 3 is 2.39 bits per heavy atom. The van der Waals surface area contributed by atoms with Crippen LogP contribution in [0.2, 0.25) is 0 Å². The van der Waals surface area contributed by atoms with Gasteiger partial charge in [-0.15, -0.1) is 0 Å². The lowest BCUT2D eigenvalue weighted by atomic mass is 9.96. The minimum absolute atomic E-state index is 0.0188. The molecule has 0 N–H and O–H groups in total. The molecule has 0 spiro atoms. The highest BCUT2D eigenvalue weighted by molar-refractivity contribution is 9.10. The minimum Gasteiger partial charge on any atom is -0.357 e. The highest BCUT2D eigenvalue weighted by Gasteiger charge is 2.24. The zero-order chi connectivity index (χ0) is 13.3. The maximum Gasteiger partial charge on any atom is 0.137 e. The largest absolute Gasteiger partial charge is 0.357 e. The summed E-state index contributed by atoms with van der Waals surface area (Å²) >= 11 is 3.50. The SMILES string of the molecule is CN(c1cc(Br)nc(C(C)(C)C)n1)C1CCCC1. The van der Waals surface area contributed by atoms with Crippen molar-refractivity contribution in [3.8, 4) is 0 Å². The summed E-state index contributed by atoms with van der Waals surface area (Å²) in [5, 5.41) is 0. The third kappa shape index (κ3) is 3.02. The molecular formula is C14H22BrN3. The fourth-order valence-corrected chi connectivity index (χ4v) is 2.77. The summed E-state index contributed by atoms with van der Waals surface area (Å²) in [4.78, 5) is 11.5. The molecule has 0 unspecified atom stereocenters. The standard InChI is InChI=1S/C14H22BrN3/c1-14(2,3)13-16-11(15)9-12(17-13)18(4)10-7-5-6-8-10/h9-10H,5-8H2,1-4H3. The van der Waals surface area contributed by atoms with E-state index in [9.17, 15) is 0 Å². The van der Waals surface area contributed by atoms with Crippen molar-refractivity contribution in [2.75, 3.05) is 11.9 Å². The Morgan fingerprint density at radius 1 is 1.22 bits per heavy atom. The van der Waals surface area contributed by atoms with Crippen molar-refractivity contribution in [2.45, 2.75) is 57.9 Å². The van der Waals surface area contributed by atoms with Crippen LogP contribution in [0.4, 0.5) is 5.82 Å². The van der Waals surface area contributed by atoms with Crippen LogP contribution in [0.5, 0.6) is 0 Å². The van der Waals surface area contributed by atoms with Crippen molar-refractivity contribution in [3.63, 3.8) is 0 Å². The zero-order valence-electron chi connectivity index (χ0n) is 11.7. The lowest BCUT2D eigenvalue weighted by Crippen LogP contribution is -2.30. The second kappa shape index (κ2) is 5.16. The fraction of sp³-hybridized carbons (Fsp3) is 0.714. The quantitative estimate of drug-likeness (QED) is 0.775. The molecule has 0 bridgehead atoms. The molecule has 1 saturated carbocycles. The monoisotopic (exact) mass is 311 g/mol. The van der Waals surface area contributed by atoms with E-state index in [-0.39, 0.29) is 5.41 Å². The summed E-state index contributed by atoms with van der Waals surface area (Å²) in [5.41, 5.74) is -0.0188. The molecule has 0 amide bonds. The molecule has 1 aromatic heterocycles. The molecule has 1 fully saturated rings. The third-order valence-electron chi connectivity index (χ3n) is 3.59. The summed E-state index contributed by atoms with van der Waals surface area (Å²) in [5.74, 6) is 1.94. The van der Waals surface area contributed by atoms with Gasteiger partial charge in [-0.3, -0.25) is 0 Å². The molecule has 3 nitrogen and oxygen atoms in total. The first-order valence-corrected chi connectivity index (χ1v) is 7.45. The van der Waals surface area contributed by atoms with Gasteiger partial charge < -0.3 is 4.90 Å². The van der Waals surface area contributed by atoms with Gasteiger partial charge in [-0.1, -0.05) is 33.6 Å². The summed E-state index contributed by atoms with van der Waals surface area (Å²) in [7, 11) is 2.15. The van der Waals surface area contributed by atoms with Gasteiger partial charge in [0.2, 0.25) is 0 Å². The Morgan fingerprint density at radius 2 is 1.83 bits per heavy atom. The predicted molar refractivity (Wildman–Crippen MR) is 79.1 cm³/mol. The van der Waals surface area contributed by atoms with Crippen LogP contribution in [0.1, 0.15) is 52.3 Å². The van der Waals surface area contributed by atoms with E-state index in [0.717, 1.165) is 16.2 Å². The smallest absolute Gasteiger partial charge is 0.137 e. The molecule has 1 aromatic rings. The first-order chi connectivity index (χ1) is 8.38. The van der Waals surface area contributed by atoms with E-state index in [4.69, 9.17) is 4.98 Å². The number of halogens is 1. The molecule has 0 aliphatic heterocycles. The number of hydrogen-bond donors (Lipinski definition) is 0. The van der Waals surface area contributed by atoms with Crippen LogP contribution in [0, 0.1) is 0 Å². The highest BCUT2D eigenvalue weighted by atomic mass is 79.9. The minimum atomic E-state index is -0.0188. The predicted octanol–water partition coefficient (Wildman–Crippen LogP) is 3.92. The first-order valence-electron chi connectivity index (χ1n) is 6.66. The Hall–Kier alpha value is -0.640. The molecule has 100 valence electrons. The van der Waals surface area contributed by atoms with Crippen LogP contribution in [0.15, 0.2) is 10.7 Å². The highest BCUT2D eigenvalue weighted by Crippen LogP contribution is 2.29. The zero-order valence-corrected chi connectivity index (χ0v) is 13.3. The number of hydrogen-bond acceptors (Lipinski definition) is 3. The number of aromatic nitrogens is 2. The average Bonchev–Trinajstić information content (AvgIpc) is 2.79. The molecule has 1 aliphatic carbocycles. The van der Waals surface area contributed by atoms with Crippen LogP contribution in [0.3, 0.4) is 0 Å². The lowest BCUT2D eigenvalue weighted by molar-refractivity contribution is 0.539. The maximum atomic E-state index is 4.73. The van der Waals surface area contributed by atoms with Crippen LogP contribution < -0.4 is 4.90 Å². The van der Waals surface area contributed by atoms with E-state index in [0.29, 0.717) is 6.04 Å². The van der Waals surface area contributed by atoms with Crippen molar-refractivity contribution in [2.24, 2.45) is 0 Å². The molecule has 0 atom stereocenters. The fourth-order valence-electron chi connectivity index (χ4n) is 2.40. The van der Waals surface area contributed by atoms with Crippen molar-refractivity contribution in [3.05, 3.63) is 16.5 Å². The van der Waals surface area contributed by atoms with Gasteiger partial charge in [0.1, 0.15) is 16.2 Å². The second-order valence-corrected chi connectivity index (χ2v) is 6.98. The van der Waals surface area contributed by atoms with E-state index >= 15 is 0 Å². The first kappa shape index (κ1) is 13.8. The van der Waals surface area contributed by atoms with Gasteiger partial charge in [0.25, 0.3) is 0 Å². The normalized spacial score (nSPS) is 17.2. The summed E-state index contributed by atoms with van der Waals surface area (Å²) in [6.45, 7) is 6.44. The Kier molecular flexibility index (Phi) is 3.95. The number of nitrogens with zero attached hydrogens (tertiary/aromatic N) is 3. The molecule has 0 radical (unpaired) electrons. The van der Waals surface area contributed by atoms with Gasteiger partial charge in [0, 0.05) is 24.6 Å². The van der Waals surface area contributed by atoms with Crippen molar-refractivity contribution in [1.82, 2.24) is 9.97 Å². The molecule has 1 aliphatic rings. The summed E-state index contributed by atoms with van der Waals surface area (Å²) in [6, 6.07) is 2.66. The van der Waals surface area contributed by atoms with Crippen LogP contribution in [-0.4, -0.2) is 23.1 Å². The average molecular weight is 312 g/mol. The second-order valence-electron chi connectivity index (χ2n) is 6.17. The van der Waals surface area contributed by atoms with E-state index < -0.39 is 0 Å². The molecule has 1 heterocycles. The van der Waals surface area contributed by atoms with Crippen LogP contribution in [-0.2, 0) is 5.41 Å². The van der Waals surface area contributed by atoms with Gasteiger partial charge in [-0.25, -0.2) is 9.97 Å². The summed E-state index contributed by atoms with van der Waals surface area (Å²) < 4.78 is 0.877. The van der Waals surface area contributed by atoms with Gasteiger partial charge >= 0.3 is 0 Å². The van der Waals surface area contributed by atoms with E-state index in [2.05, 4.69) is 53.6 Å². The van der Waals surface area contributed by atoms with Crippen LogP contribution >= 0.6 is 15.9 Å². The number of anilines is 1. The third-order valence-corrected chi connectivity index (χ3v) is 3.99. The van der Waals surface area contributed by atoms with E-state index in [1.807, 2.05) is 6.07 Å². The molecule has 0 aromatic carbocycles. The van der Waals surface area contributed by atoms with Gasteiger partial charge in [0.15, 0.2) is 0 Å². The van der Waals surface area contributed by atoms with Crippen molar-refractivity contribution < 1.29 is 0 Å². The van der Waals surface area contributed by atoms with Gasteiger partial charge in [0.05, 0.1) is 0 Å². The van der Waals surface area contributed by atoms with E-state index in [1.165, 1.54) is 25.7 Å². The molecular weight excluding hydrogens is 290 g/mol. The maximum absolute atomic E-state index is 4.73. The molecule has 0 saturated heterocycles. The summed E-state index contributed by atoms with van der Waals surface area (Å²) in [6.07, 6.45) is 5.24. The Balaban J connectivity index is 2.29. The Bertz CT molecular complexity index is 420.